The molecule has 2 aromatic carbocycles. The summed E-state index contributed by atoms with van der Waals surface area (Å²) in [7, 11) is 1.54. The fourth-order valence-corrected chi connectivity index (χ4v) is 3.47. The minimum atomic E-state index is -0.308. The van der Waals surface area contributed by atoms with Gasteiger partial charge >= 0.3 is 6.03 Å². The van der Waals surface area contributed by atoms with Crippen LogP contribution in [0.25, 0.3) is 0 Å². The molecule has 0 fully saturated rings. The van der Waals surface area contributed by atoms with Gasteiger partial charge in [0, 0.05) is 31.9 Å². The van der Waals surface area contributed by atoms with E-state index < -0.39 is 0 Å². The van der Waals surface area contributed by atoms with Crippen LogP contribution >= 0.6 is 0 Å². The van der Waals surface area contributed by atoms with E-state index >= 15 is 0 Å². The molecule has 1 aliphatic heterocycles. The van der Waals surface area contributed by atoms with Crippen molar-refractivity contribution in [3.63, 3.8) is 0 Å². The number of hydrogen-bond acceptors (Lipinski definition) is 3. The average molecular weight is 380 g/mol. The molecule has 1 aliphatic rings. The zero-order valence-corrected chi connectivity index (χ0v) is 16.0. The van der Waals surface area contributed by atoms with Crippen molar-refractivity contribution >= 4 is 29.2 Å². The lowest BCUT2D eigenvalue weighted by molar-refractivity contribution is -0.132. The van der Waals surface area contributed by atoms with E-state index in [-0.39, 0.29) is 30.3 Å². The molecule has 1 atom stereocenters. The number of benzene rings is 2. The molecule has 3 rings (SSSR count). The Morgan fingerprint density at radius 1 is 1.00 bits per heavy atom. The van der Waals surface area contributed by atoms with Crippen LogP contribution in [0.1, 0.15) is 30.5 Å². The molecule has 146 valence electrons. The van der Waals surface area contributed by atoms with Gasteiger partial charge in [0.1, 0.15) is 0 Å². The molecule has 0 aliphatic carbocycles. The Morgan fingerprint density at radius 3 is 2.29 bits per heavy atom. The Kier molecular flexibility index (Phi) is 5.93. The summed E-state index contributed by atoms with van der Waals surface area (Å²) in [4.78, 5) is 37.8. The van der Waals surface area contributed by atoms with E-state index in [9.17, 15) is 14.4 Å². The average Bonchev–Trinajstić information content (AvgIpc) is 2.69. The number of nitrogens with zero attached hydrogens (tertiary/aromatic N) is 1. The molecule has 2 aromatic rings. The largest absolute Gasteiger partial charge is 0.341 e. The molecule has 4 amide bonds. The highest BCUT2D eigenvalue weighted by Gasteiger charge is 2.30. The third-order valence-electron chi connectivity index (χ3n) is 4.85. The maximum atomic E-state index is 12.6. The second-order valence-corrected chi connectivity index (χ2v) is 6.71. The number of anilines is 2. The number of carbonyl (C=O) groups is 3. The molecule has 1 heterocycles. The van der Waals surface area contributed by atoms with Crippen molar-refractivity contribution in [2.45, 2.75) is 25.8 Å². The first-order valence-electron chi connectivity index (χ1n) is 9.21. The maximum Gasteiger partial charge on any atom is 0.318 e. The third kappa shape index (κ3) is 4.49. The predicted molar refractivity (Wildman–Crippen MR) is 108 cm³/mol. The predicted octanol–water partition coefficient (Wildman–Crippen LogP) is 2.91. The van der Waals surface area contributed by atoms with Gasteiger partial charge in [-0.3, -0.25) is 9.59 Å². The van der Waals surface area contributed by atoms with Crippen LogP contribution < -0.4 is 16.0 Å². The number of amides is 4. The SMILES string of the molecule is CNC(=O)Nc1ccc(NC(=O)CC2c3ccccc3CCN2C(C)=O)cc1. The second kappa shape index (κ2) is 8.56. The number of hydrogen-bond donors (Lipinski definition) is 3. The summed E-state index contributed by atoms with van der Waals surface area (Å²) >= 11 is 0. The van der Waals surface area contributed by atoms with E-state index in [1.54, 1.807) is 29.2 Å². The first-order valence-corrected chi connectivity index (χ1v) is 9.21. The zero-order chi connectivity index (χ0) is 20.1. The molecule has 3 N–H and O–H groups in total. The van der Waals surface area contributed by atoms with Gasteiger partial charge in [0.15, 0.2) is 0 Å². The smallest absolute Gasteiger partial charge is 0.318 e. The number of nitrogens with one attached hydrogen (secondary N) is 3. The second-order valence-electron chi connectivity index (χ2n) is 6.71. The Balaban J connectivity index is 1.69. The summed E-state index contributed by atoms with van der Waals surface area (Å²) in [5.41, 5.74) is 3.47. The summed E-state index contributed by atoms with van der Waals surface area (Å²) < 4.78 is 0. The van der Waals surface area contributed by atoms with Crippen LogP contribution in [0.4, 0.5) is 16.2 Å². The van der Waals surface area contributed by atoms with Crippen LogP contribution in [0, 0.1) is 0 Å². The van der Waals surface area contributed by atoms with Gasteiger partial charge in [-0.25, -0.2) is 4.79 Å². The van der Waals surface area contributed by atoms with Gasteiger partial charge in [-0.15, -0.1) is 0 Å². The summed E-state index contributed by atoms with van der Waals surface area (Å²) in [6.07, 6.45) is 0.989. The van der Waals surface area contributed by atoms with E-state index in [1.165, 1.54) is 19.5 Å². The molecular weight excluding hydrogens is 356 g/mol. The van der Waals surface area contributed by atoms with Crippen LogP contribution in [0.2, 0.25) is 0 Å². The maximum absolute atomic E-state index is 12.6. The molecule has 0 saturated carbocycles. The summed E-state index contributed by atoms with van der Waals surface area (Å²) in [5.74, 6) is -0.197. The molecule has 0 spiro atoms. The van der Waals surface area contributed by atoms with Crippen LogP contribution in [0.15, 0.2) is 48.5 Å². The number of rotatable bonds is 4. The van der Waals surface area contributed by atoms with Crippen molar-refractivity contribution in [3.05, 3.63) is 59.7 Å². The van der Waals surface area contributed by atoms with Crippen LogP contribution in [0.3, 0.4) is 0 Å². The molecule has 1 unspecified atom stereocenters. The fraction of sp³-hybridized carbons (Fsp3) is 0.286. The first-order chi connectivity index (χ1) is 13.5. The molecule has 0 aromatic heterocycles. The number of urea groups is 1. The quantitative estimate of drug-likeness (QED) is 0.762. The van der Waals surface area contributed by atoms with E-state index in [1.807, 2.05) is 18.2 Å². The van der Waals surface area contributed by atoms with Crippen molar-refractivity contribution < 1.29 is 14.4 Å². The van der Waals surface area contributed by atoms with Gasteiger partial charge in [0.05, 0.1) is 12.5 Å². The van der Waals surface area contributed by atoms with Gasteiger partial charge in [0.2, 0.25) is 11.8 Å². The normalized spacial score (nSPS) is 15.4. The van der Waals surface area contributed by atoms with Gasteiger partial charge in [-0.2, -0.15) is 0 Å². The molecule has 0 bridgehead atoms. The Hall–Kier alpha value is -3.35. The van der Waals surface area contributed by atoms with Crippen LogP contribution in [-0.2, 0) is 16.0 Å². The lowest BCUT2D eigenvalue weighted by atomic mass is 9.90. The van der Waals surface area contributed by atoms with E-state index in [0.29, 0.717) is 17.9 Å². The molecule has 7 nitrogen and oxygen atoms in total. The van der Waals surface area contributed by atoms with E-state index in [0.717, 1.165) is 12.0 Å². The van der Waals surface area contributed by atoms with Gasteiger partial charge < -0.3 is 20.9 Å². The van der Waals surface area contributed by atoms with E-state index in [4.69, 9.17) is 0 Å². The van der Waals surface area contributed by atoms with Crippen LogP contribution in [-0.4, -0.2) is 36.3 Å². The monoisotopic (exact) mass is 380 g/mol. The highest BCUT2D eigenvalue weighted by molar-refractivity contribution is 5.93. The standard InChI is InChI=1S/C21H24N4O3/c1-14(26)25-12-11-15-5-3-4-6-18(15)19(25)13-20(27)23-16-7-9-17(10-8-16)24-21(28)22-2/h3-10,19H,11-13H2,1-2H3,(H,23,27)(H2,22,24,28). The van der Waals surface area contributed by atoms with Crippen molar-refractivity contribution in [1.29, 1.82) is 0 Å². The minimum Gasteiger partial charge on any atom is -0.341 e. The summed E-state index contributed by atoms with van der Waals surface area (Å²) in [6, 6.07) is 14.2. The van der Waals surface area contributed by atoms with Crippen molar-refractivity contribution in [2.24, 2.45) is 0 Å². The Bertz CT molecular complexity index is 879. The molecule has 7 heteroatoms. The lowest BCUT2D eigenvalue weighted by Crippen LogP contribution is -2.40. The summed E-state index contributed by atoms with van der Waals surface area (Å²) in [5, 5.41) is 8.00. The Morgan fingerprint density at radius 2 is 1.64 bits per heavy atom. The highest BCUT2D eigenvalue weighted by atomic mass is 16.2. The zero-order valence-electron chi connectivity index (χ0n) is 16.0. The molecule has 28 heavy (non-hydrogen) atoms. The van der Waals surface area contributed by atoms with Crippen molar-refractivity contribution in [1.82, 2.24) is 10.2 Å². The van der Waals surface area contributed by atoms with Crippen molar-refractivity contribution in [3.8, 4) is 0 Å². The van der Waals surface area contributed by atoms with Gasteiger partial charge in [-0.05, 0) is 41.8 Å². The number of carbonyl (C=O) groups excluding carboxylic acids is 3. The van der Waals surface area contributed by atoms with E-state index in [2.05, 4.69) is 22.0 Å². The lowest BCUT2D eigenvalue weighted by Gasteiger charge is -2.36. The minimum absolute atomic E-state index is 0.0306. The number of fused-ring (bicyclic) bond motifs is 1. The summed E-state index contributed by atoms with van der Waals surface area (Å²) in [6.45, 7) is 2.15. The Labute approximate surface area is 164 Å². The third-order valence-corrected chi connectivity index (χ3v) is 4.85. The fourth-order valence-electron chi connectivity index (χ4n) is 3.47. The molecular formula is C21H24N4O3. The first kappa shape index (κ1) is 19.4. The van der Waals surface area contributed by atoms with Gasteiger partial charge in [0.25, 0.3) is 0 Å². The molecule has 0 saturated heterocycles. The molecule has 0 radical (unpaired) electrons. The highest BCUT2D eigenvalue weighted by Crippen LogP contribution is 2.32. The van der Waals surface area contributed by atoms with Crippen molar-refractivity contribution in [2.75, 3.05) is 24.2 Å². The van der Waals surface area contributed by atoms with Crippen LogP contribution in [0.5, 0.6) is 0 Å². The topological polar surface area (TPSA) is 90.5 Å². The van der Waals surface area contributed by atoms with Gasteiger partial charge in [-0.1, -0.05) is 24.3 Å².